The van der Waals surface area contributed by atoms with E-state index >= 15 is 0 Å². The monoisotopic (exact) mass is 300 g/mol. The quantitative estimate of drug-likeness (QED) is 0.487. The molecule has 0 spiro atoms. The van der Waals surface area contributed by atoms with Crippen molar-refractivity contribution >= 4 is 21.8 Å². The van der Waals surface area contributed by atoms with Gasteiger partial charge in [0.15, 0.2) is 0 Å². The molecule has 2 heteroatoms. The van der Waals surface area contributed by atoms with Gasteiger partial charge >= 0.3 is 0 Å². The van der Waals surface area contributed by atoms with Gasteiger partial charge in [0.25, 0.3) is 0 Å². The third-order valence-corrected chi connectivity index (χ3v) is 4.28. The summed E-state index contributed by atoms with van der Waals surface area (Å²) in [6, 6.07) is 21.4. The minimum absolute atomic E-state index is 0.604. The molecular weight excluding hydrogens is 280 g/mol. The van der Waals surface area contributed by atoms with Crippen LogP contribution in [0.25, 0.3) is 33.1 Å². The van der Waals surface area contributed by atoms with Gasteiger partial charge in [-0.1, -0.05) is 50.2 Å². The summed E-state index contributed by atoms with van der Waals surface area (Å²) in [6.45, 7) is 5.56. The molecule has 23 heavy (non-hydrogen) atoms. The number of pyridine rings is 1. The molecule has 0 fully saturated rings. The highest BCUT2D eigenvalue weighted by Crippen LogP contribution is 2.32. The van der Waals surface area contributed by atoms with Gasteiger partial charge in [-0.25, -0.2) is 0 Å². The molecule has 0 amide bonds. The smallest absolute Gasteiger partial charge is 0.0702 e. The van der Waals surface area contributed by atoms with Crippen LogP contribution in [0.5, 0.6) is 0 Å². The van der Waals surface area contributed by atoms with Crippen LogP contribution in [0, 0.1) is 5.92 Å². The molecule has 0 bridgehead atoms. The zero-order valence-electron chi connectivity index (χ0n) is 13.5. The zero-order chi connectivity index (χ0) is 15.8. The maximum Gasteiger partial charge on any atom is 0.0702 e. The molecule has 0 aliphatic heterocycles. The van der Waals surface area contributed by atoms with Crippen LogP contribution in [0.4, 0.5) is 0 Å². The molecule has 0 aliphatic carbocycles. The minimum atomic E-state index is 0.604. The molecule has 0 aliphatic rings. The fourth-order valence-corrected chi connectivity index (χ4v) is 3.30. The zero-order valence-corrected chi connectivity index (χ0v) is 13.5. The SMILES string of the molecule is CC(C)Cn1c2ccccc2c2ccc(-c3ccccn3)cc21. The maximum atomic E-state index is 4.49. The van der Waals surface area contributed by atoms with Crippen LogP contribution >= 0.6 is 0 Å². The van der Waals surface area contributed by atoms with Crippen molar-refractivity contribution in [3.63, 3.8) is 0 Å². The van der Waals surface area contributed by atoms with E-state index in [0.29, 0.717) is 5.92 Å². The van der Waals surface area contributed by atoms with Crippen molar-refractivity contribution in [3.05, 3.63) is 66.9 Å². The van der Waals surface area contributed by atoms with E-state index in [1.807, 2.05) is 18.3 Å². The van der Waals surface area contributed by atoms with Gasteiger partial charge in [0.2, 0.25) is 0 Å². The van der Waals surface area contributed by atoms with Crippen LogP contribution in [0.3, 0.4) is 0 Å². The van der Waals surface area contributed by atoms with Crippen molar-refractivity contribution in [2.45, 2.75) is 20.4 Å². The molecule has 2 aromatic carbocycles. The highest BCUT2D eigenvalue weighted by molar-refractivity contribution is 6.08. The van der Waals surface area contributed by atoms with Gasteiger partial charge in [-0.05, 0) is 30.2 Å². The van der Waals surface area contributed by atoms with Crippen LogP contribution in [-0.4, -0.2) is 9.55 Å². The van der Waals surface area contributed by atoms with E-state index in [0.717, 1.165) is 12.2 Å². The molecule has 0 unspecified atom stereocenters. The Morgan fingerprint density at radius 1 is 0.870 bits per heavy atom. The molecule has 2 aromatic heterocycles. The van der Waals surface area contributed by atoms with Gasteiger partial charge in [0, 0.05) is 40.1 Å². The second kappa shape index (κ2) is 5.54. The van der Waals surface area contributed by atoms with Gasteiger partial charge in [-0.2, -0.15) is 0 Å². The maximum absolute atomic E-state index is 4.49. The van der Waals surface area contributed by atoms with E-state index in [1.54, 1.807) is 0 Å². The van der Waals surface area contributed by atoms with E-state index in [2.05, 4.69) is 71.9 Å². The Kier molecular flexibility index (Phi) is 3.38. The lowest BCUT2D eigenvalue weighted by Gasteiger charge is -2.11. The van der Waals surface area contributed by atoms with Gasteiger partial charge in [0.05, 0.1) is 5.69 Å². The van der Waals surface area contributed by atoms with E-state index in [4.69, 9.17) is 0 Å². The predicted octanol–water partition coefficient (Wildman–Crippen LogP) is 5.51. The molecule has 2 nitrogen and oxygen atoms in total. The highest BCUT2D eigenvalue weighted by atomic mass is 15.0. The molecule has 4 aromatic rings. The number of benzene rings is 2. The number of fused-ring (bicyclic) bond motifs is 3. The summed E-state index contributed by atoms with van der Waals surface area (Å²) in [7, 11) is 0. The summed E-state index contributed by atoms with van der Waals surface area (Å²) < 4.78 is 2.45. The topological polar surface area (TPSA) is 17.8 Å². The first-order chi connectivity index (χ1) is 11.2. The Morgan fingerprint density at radius 3 is 2.43 bits per heavy atom. The third kappa shape index (κ3) is 2.40. The first-order valence-corrected chi connectivity index (χ1v) is 8.16. The molecule has 0 N–H and O–H groups in total. The van der Waals surface area contributed by atoms with Crippen LogP contribution in [0.15, 0.2) is 66.9 Å². The van der Waals surface area contributed by atoms with E-state index in [-0.39, 0.29) is 0 Å². The van der Waals surface area contributed by atoms with Crippen LogP contribution in [-0.2, 0) is 6.54 Å². The lowest BCUT2D eigenvalue weighted by atomic mass is 10.1. The van der Waals surface area contributed by atoms with Crippen LogP contribution < -0.4 is 0 Å². The Bertz CT molecular complexity index is 965. The molecule has 4 rings (SSSR count). The number of para-hydroxylation sites is 1. The first-order valence-electron chi connectivity index (χ1n) is 8.16. The summed E-state index contributed by atoms with van der Waals surface area (Å²) in [6.07, 6.45) is 1.85. The van der Waals surface area contributed by atoms with Crippen molar-refractivity contribution < 1.29 is 0 Å². The second-order valence-electron chi connectivity index (χ2n) is 6.47. The number of hydrogen-bond donors (Lipinski definition) is 0. The van der Waals surface area contributed by atoms with Crippen LogP contribution in [0.1, 0.15) is 13.8 Å². The molecule has 114 valence electrons. The van der Waals surface area contributed by atoms with Gasteiger partial charge in [-0.3, -0.25) is 4.98 Å². The fraction of sp³-hybridized carbons (Fsp3) is 0.190. The lowest BCUT2D eigenvalue weighted by Crippen LogP contribution is -2.03. The van der Waals surface area contributed by atoms with E-state index in [9.17, 15) is 0 Å². The highest BCUT2D eigenvalue weighted by Gasteiger charge is 2.12. The fourth-order valence-electron chi connectivity index (χ4n) is 3.30. The van der Waals surface area contributed by atoms with Gasteiger partial charge in [0.1, 0.15) is 0 Å². The molecule has 0 radical (unpaired) electrons. The molecule has 0 saturated heterocycles. The average Bonchev–Trinajstić information content (AvgIpc) is 2.89. The Balaban J connectivity index is 2.01. The predicted molar refractivity (Wildman–Crippen MR) is 97.5 cm³/mol. The van der Waals surface area contributed by atoms with E-state index < -0.39 is 0 Å². The summed E-state index contributed by atoms with van der Waals surface area (Å²) in [5.74, 6) is 0.604. The van der Waals surface area contributed by atoms with Crippen molar-refractivity contribution in [3.8, 4) is 11.3 Å². The number of aromatic nitrogens is 2. The van der Waals surface area contributed by atoms with Crippen molar-refractivity contribution in [1.29, 1.82) is 0 Å². The summed E-state index contributed by atoms with van der Waals surface area (Å²) in [4.78, 5) is 4.49. The van der Waals surface area contributed by atoms with Crippen molar-refractivity contribution in [2.75, 3.05) is 0 Å². The third-order valence-electron chi connectivity index (χ3n) is 4.28. The minimum Gasteiger partial charge on any atom is -0.340 e. The largest absolute Gasteiger partial charge is 0.340 e. The Labute approximate surface area is 136 Å². The molecular formula is C21H20N2. The van der Waals surface area contributed by atoms with Gasteiger partial charge in [-0.15, -0.1) is 0 Å². The number of rotatable bonds is 3. The summed E-state index contributed by atoms with van der Waals surface area (Å²) in [5.41, 5.74) is 4.80. The Morgan fingerprint density at radius 2 is 1.65 bits per heavy atom. The number of nitrogens with zero attached hydrogens (tertiary/aromatic N) is 2. The van der Waals surface area contributed by atoms with Crippen molar-refractivity contribution in [1.82, 2.24) is 9.55 Å². The standard InChI is InChI=1S/C21H20N2/c1-15(2)14-23-20-9-4-3-7-17(20)18-11-10-16(13-21(18)23)19-8-5-6-12-22-19/h3-13,15H,14H2,1-2H3. The Hall–Kier alpha value is -2.61. The van der Waals surface area contributed by atoms with Gasteiger partial charge < -0.3 is 4.57 Å². The summed E-state index contributed by atoms with van der Waals surface area (Å²) in [5, 5.41) is 2.65. The first kappa shape index (κ1) is 14.0. The molecule has 2 heterocycles. The molecule has 0 atom stereocenters. The number of hydrogen-bond acceptors (Lipinski definition) is 1. The van der Waals surface area contributed by atoms with Crippen molar-refractivity contribution in [2.24, 2.45) is 5.92 Å². The average molecular weight is 300 g/mol. The van der Waals surface area contributed by atoms with E-state index in [1.165, 1.54) is 27.4 Å². The molecule has 0 saturated carbocycles. The normalized spacial score (nSPS) is 11.6. The van der Waals surface area contributed by atoms with Crippen LogP contribution in [0.2, 0.25) is 0 Å². The second-order valence-corrected chi connectivity index (χ2v) is 6.47. The summed E-state index contributed by atoms with van der Waals surface area (Å²) >= 11 is 0. The lowest BCUT2D eigenvalue weighted by molar-refractivity contribution is 0.545.